The normalized spacial score (nSPS) is 16.6. The Balaban J connectivity index is 2.42. The molecule has 0 aliphatic carbocycles. The fourth-order valence-electron chi connectivity index (χ4n) is 2.72. The second-order valence-corrected chi connectivity index (χ2v) is 6.15. The lowest BCUT2D eigenvalue weighted by Crippen LogP contribution is -2.36. The van der Waals surface area contributed by atoms with Crippen molar-refractivity contribution in [2.45, 2.75) is 12.8 Å². The van der Waals surface area contributed by atoms with Gasteiger partial charge in [0, 0.05) is 23.8 Å². The molecule has 1 aromatic carbocycles. The number of rotatable bonds is 5. The minimum absolute atomic E-state index is 0.0914. The summed E-state index contributed by atoms with van der Waals surface area (Å²) >= 11 is 3.20. The van der Waals surface area contributed by atoms with Crippen LogP contribution in [0.2, 0.25) is 0 Å². The molecule has 1 unspecified atom stereocenters. The van der Waals surface area contributed by atoms with Gasteiger partial charge in [0.05, 0.1) is 17.6 Å². The van der Waals surface area contributed by atoms with E-state index in [4.69, 9.17) is 9.47 Å². The molecule has 0 aromatic heterocycles. The number of carbonyl (C=O) groups is 2. The molecule has 124 valence electrons. The van der Waals surface area contributed by atoms with Gasteiger partial charge in [-0.2, -0.15) is 0 Å². The summed E-state index contributed by atoms with van der Waals surface area (Å²) in [6.07, 6.45) is 1.07. The average Bonchev–Trinajstić information content (AvgIpc) is 2.55. The first-order valence-electron chi connectivity index (χ1n) is 7.09. The molecule has 1 saturated heterocycles. The van der Waals surface area contributed by atoms with Crippen LogP contribution >= 0.6 is 15.9 Å². The maximum atomic E-state index is 12.9. The fraction of sp³-hybridized carbons (Fsp3) is 0.467. The largest absolute Gasteiger partial charge is 0.468 e. The number of ketones is 1. The summed E-state index contributed by atoms with van der Waals surface area (Å²) in [7, 11) is 1.21. The highest BCUT2D eigenvalue weighted by Crippen LogP contribution is 2.32. The Labute approximate surface area is 141 Å². The second kappa shape index (κ2) is 7.65. The van der Waals surface area contributed by atoms with E-state index >= 15 is 0 Å². The average molecular weight is 386 g/mol. The van der Waals surface area contributed by atoms with E-state index in [2.05, 4.69) is 15.9 Å². The summed E-state index contributed by atoms with van der Waals surface area (Å²) in [4.78, 5) is 35.5. The van der Waals surface area contributed by atoms with Crippen LogP contribution in [0.3, 0.4) is 0 Å². The number of halogens is 1. The molecule has 1 aliphatic heterocycles. The van der Waals surface area contributed by atoms with Crippen molar-refractivity contribution in [1.29, 1.82) is 0 Å². The Hall–Kier alpha value is -1.80. The van der Waals surface area contributed by atoms with Crippen molar-refractivity contribution in [2.24, 2.45) is 11.8 Å². The SMILES string of the molecule is COC(=O)C(C(=O)c1cc(Br)ccc1[N+](=O)[O-])C1CCOCC1. The number of esters is 1. The van der Waals surface area contributed by atoms with E-state index in [1.165, 1.54) is 25.3 Å². The molecule has 1 aromatic rings. The molecule has 0 spiro atoms. The van der Waals surface area contributed by atoms with E-state index in [-0.39, 0.29) is 17.2 Å². The summed E-state index contributed by atoms with van der Waals surface area (Å²) in [6, 6.07) is 4.10. The van der Waals surface area contributed by atoms with Gasteiger partial charge in [-0.15, -0.1) is 0 Å². The fourth-order valence-corrected chi connectivity index (χ4v) is 3.08. The van der Waals surface area contributed by atoms with Crippen molar-refractivity contribution < 1.29 is 24.0 Å². The van der Waals surface area contributed by atoms with Gasteiger partial charge in [-0.25, -0.2) is 0 Å². The number of hydrogen-bond acceptors (Lipinski definition) is 6. The molecule has 0 radical (unpaired) electrons. The van der Waals surface area contributed by atoms with Crippen LogP contribution in [-0.4, -0.2) is 37.0 Å². The molecule has 7 nitrogen and oxygen atoms in total. The highest BCUT2D eigenvalue weighted by molar-refractivity contribution is 9.10. The summed E-state index contributed by atoms with van der Waals surface area (Å²) < 4.78 is 10.5. The number of ether oxygens (including phenoxy) is 2. The van der Waals surface area contributed by atoms with E-state index in [0.29, 0.717) is 30.5 Å². The van der Waals surface area contributed by atoms with Gasteiger partial charge >= 0.3 is 5.97 Å². The van der Waals surface area contributed by atoms with Crippen molar-refractivity contribution in [2.75, 3.05) is 20.3 Å². The molecule has 23 heavy (non-hydrogen) atoms. The smallest absolute Gasteiger partial charge is 0.316 e. The first-order valence-corrected chi connectivity index (χ1v) is 7.88. The number of nitro benzene ring substituents is 1. The van der Waals surface area contributed by atoms with Crippen molar-refractivity contribution in [3.63, 3.8) is 0 Å². The molecule has 1 heterocycles. The minimum atomic E-state index is -1.06. The summed E-state index contributed by atoms with van der Waals surface area (Å²) in [6.45, 7) is 0.901. The highest BCUT2D eigenvalue weighted by atomic mass is 79.9. The number of nitro groups is 1. The third-order valence-corrected chi connectivity index (χ3v) is 4.39. The van der Waals surface area contributed by atoms with Gasteiger partial charge < -0.3 is 9.47 Å². The summed E-state index contributed by atoms with van der Waals surface area (Å²) in [5.74, 6) is -2.56. The Kier molecular flexibility index (Phi) is 5.84. The first-order chi connectivity index (χ1) is 11.0. The highest BCUT2D eigenvalue weighted by Gasteiger charge is 2.39. The van der Waals surface area contributed by atoms with Crippen LogP contribution in [0.25, 0.3) is 0 Å². The molecule has 8 heteroatoms. The first kappa shape index (κ1) is 17.6. The topological polar surface area (TPSA) is 95.7 Å². The minimum Gasteiger partial charge on any atom is -0.468 e. The molecule has 0 amide bonds. The van der Waals surface area contributed by atoms with Gasteiger partial charge in [-0.1, -0.05) is 15.9 Å². The van der Waals surface area contributed by atoms with Gasteiger partial charge in [0.2, 0.25) is 0 Å². The number of nitrogens with zero attached hydrogens (tertiary/aromatic N) is 1. The van der Waals surface area contributed by atoms with Gasteiger partial charge in [-0.3, -0.25) is 19.7 Å². The maximum Gasteiger partial charge on any atom is 0.316 e. The Bertz CT molecular complexity index is 626. The third-order valence-electron chi connectivity index (χ3n) is 3.90. The number of Topliss-reactive ketones (excluding diaryl/α,β-unsaturated/α-hetero) is 1. The van der Waals surface area contributed by atoms with Crippen LogP contribution < -0.4 is 0 Å². The maximum absolute atomic E-state index is 12.9. The lowest BCUT2D eigenvalue weighted by atomic mass is 9.81. The molecular formula is C15H16BrNO6. The predicted octanol–water partition coefficient (Wildman–Crippen LogP) is 2.76. The van der Waals surface area contributed by atoms with Gasteiger partial charge in [-0.05, 0) is 30.9 Å². The number of carbonyl (C=O) groups excluding carboxylic acids is 2. The van der Waals surface area contributed by atoms with Crippen LogP contribution in [0.4, 0.5) is 5.69 Å². The zero-order chi connectivity index (χ0) is 17.0. The molecule has 0 saturated carbocycles. The van der Waals surface area contributed by atoms with Gasteiger partial charge in [0.15, 0.2) is 5.78 Å². The molecule has 1 fully saturated rings. The van der Waals surface area contributed by atoms with E-state index in [1.54, 1.807) is 0 Å². The summed E-state index contributed by atoms with van der Waals surface area (Å²) in [5.41, 5.74) is -0.412. The molecule has 2 rings (SSSR count). The molecule has 1 aliphatic rings. The number of hydrogen-bond donors (Lipinski definition) is 0. The van der Waals surface area contributed by atoms with E-state index in [9.17, 15) is 19.7 Å². The quantitative estimate of drug-likeness (QED) is 0.254. The Morgan fingerprint density at radius 3 is 2.61 bits per heavy atom. The number of methoxy groups -OCH3 is 1. The van der Waals surface area contributed by atoms with E-state index in [0.717, 1.165) is 0 Å². The van der Waals surface area contributed by atoms with Gasteiger partial charge in [0.25, 0.3) is 5.69 Å². The van der Waals surface area contributed by atoms with Crippen LogP contribution in [0.5, 0.6) is 0 Å². The summed E-state index contributed by atoms with van der Waals surface area (Å²) in [5, 5.41) is 11.2. The van der Waals surface area contributed by atoms with Gasteiger partial charge in [0.1, 0.15) is 5.92 Å². The molecular weight excluding hydrogens is 370 g/mol. The Morgan fingerprint density at radius 2 is 2.04 bits per heavy atom. The lowest BCUT2D eigenvalue weighted by molar-refractivity contribution is -0.385. The lowest BCUT2D eigenvalue weighted by Gasteiger charge is -2.27. The zero-order valence-corrected chi connectivity index (χ0v) is 14.1. The van der Waals surface area contributed by atoms with Crippen molar-refractivity contribution in [3.8, 4) is 0 Å². The standard InChI is InChI=1S/C15H16BrNO6/c1-22-15(19)13(9-4-6-23-7-5-9)14(18)11-8-10(16)2-3-12(11)17(20)21/h2-3,8-9,13H,4-7H2,1H3. The van der Waals surface area contributed by atoms with Crippen molar-refractivity contribution >= 4 is 33.4 Å². The van der Waals surface area contributed by atoms with Crippen molar-refractivity contribution in [3.05, 3.63) is 38.3 Å². The molecule has 0 N–H and O–H groups in total. The van der Waals surface area contributed by atoms with Crippen molar-refractivity contribution in [1.82, 2.24) is 0 Å². The van der Waals surface area contributed by atoms with Crippen LogP contribution in [-0.2, 0) is 14.3 Å². The predicted molar refractivity (Wildman–Crippen MR) is 84.2 cm³/mol. The van der Waals surface area contributed by atoms with E-state index in [1.807, 2.05) is 0 Å². The monoisotopic (exact) mass is 385 g/mol. The van der Waals surface area contributed by atoms with Crippen LogP contribution in [0.15, 0.2) is 22.7 Å². The second-order valence-electron chi connectivity index (χ2n) is 5.23. The molecule has 0 bridgehead atoms. The van der Waals surface area contributed by atoms with Crippen LogP contribution in [0, 0.1) is 22.0 Å². The zero-order valence-electron chi connectivity index (χ0n) is 12.5. The van der Waals surface area contributed by atoms with Crippen LogP contribution in [0.1, 0.15) is 23.2 Å². The number of benzene rings is 1. The third kappa shape index (κ3) is 3.94. The Morgan fingerprint density at radius 1 is 1.39 bits per heavy atom. The molecule has 1 atom stereocenters. The van der Waals surface area contributed by atoms with E-state index < -0.39 is 22.6 Å².